The summed E-state index contributed by atoms with van der Waals surface area (Å²) in [5.74, 6) is -2.03. The van der Waals surface area contributed by atoms with Crippen LogP contribution in [-0.4, -0.2) is 41.5 Å². The summed E-state index contributed by atoms with van der Waals surface area (Å²) in [4.78, 5) is 37.2. The molecule has 160 valence electrons. The van der Waals surface area contributed by atoms with E-state index in [-0.39, 0.29) is 28.4 Å². The number of para-hydroxylation sites is 1. The molecule has 2 amide bonds. The molecule has 0 unspecified atom stereocenters. The number of piperidine rings is 1. The number of carbonyl (C=O) groups is 3. The predicted octanol–water partition coefficient (Wildman–Crippen LogP) is 3.01. The molecule has 0 aromatic heterocycles. The summed E-state index contributed by atoms with van der Waals surface area (Å²) in [7, 11) is 0. The minimum atomic E-state index is -0.798. The summed E-state index contributed by atoms with van der Waals surface area (Å²) in [5.41, 5.74) is 0.199. The first-order chi connectivity index (χ1) is 13.5. The van der Waals surface area contributed by atoms with E-state index in [0.29, 0.717) is 6.61 Å². The third-order valence-electron chi connectivity index (χ3n) is 4.86. The average Bonchev–Trinajstić information content (AvgIpc) is 2.59. The van der Waals surface area contributed by atoms with Crippen molar-refractivity contribution in [2.45, 2.75) is 77.4 Å². The van der Waals surface area contributed by atoms with Crippen LogP contribution in [-0.2, 0) is 14.3 Å². The minimum Gasteiger partial charge on any atom is -0.462 e. The Kier molecular flexibility index (Phi) is 7.41. The zero-order valence-corrected chi connectivity index (χ0v) is 18.1. The second kappa shape index (κ2) is 9.39. The van der Waals surface area contributed by atoms with Crippen molar-refractivity contribution in [3.05, 3.63) is 29.8 Å². The monoisotopic (exact) mass is 403 g/mol. The van der Waals surface area contributed by atoms with Crippen molar-refractivity contribution >= 4 is 23.5 Å². The van der Waals surface area contributed by atoms with Crippen LogP contribution in [0.4, 0.5) is 5.69 Å². The average molecular weight is 404 g/mol. The van der Waals surface area contributed by atoms with Crippen molar-refractivity contribution in [3.63, 3.8) is 0 Å². The molecule has 0 bridgehead atoms. The SMILES string of the molecule is CCCCOC(=O)c1ccccc1NC(=O)C(=O)NC1CC(C)(C)NC(C)(C)C1. The van der Waals surface area contributed by atoms with E-state index in [1.165, 1.54) is 0 Å². The third-order valence-corrected chi connectivity index (χ3v) is 4.86. The van der Waals surface area contributed by atoms with E-state index in [0.717, 1.165) is 25.7 Å². The maximum Gasteiger partial charge on any atom is 0.340 e. The number of esters is 1. The molecule has 29 heavy (non-hydrogen) atoms. The second-order valence-corrected chi connectivity index (χ2v) is 8.96. The largest absolute Gasteiger partial charge is 0.462 e. The van der Waals surface area contributed by atoms with Gasteiger partial charge < -0.3 is 20.7 Å². The van der Waals surface area contributed by atoms with Gasteiger partial charge in [-0.15, -0.1) is 0 Å². The molecule has 0 spiro atoms. The van der Waals surface area contributed by atoms with Crippen LogP contribution in [0.5, 0.6) is 0 Å². The van der Waals surface area contributed by atoms with Gasteiger partial charge in [0, 0.05) is 17.1 Å². The van der Waals surface area contributed by atoms with Crippen LogP contribution in [0, 0.1) is 0 Å². The van der Waals surface area contributed by atoms with Crippen LogP contribution in [0.3, 0.4) is 0 Å². The van der Waals surface area contributed by atoms with Crippen molar-refractivity contribution in [2.24, 2.45) is 0 Å². The van der Waals surface area contributed by atoms with Gasteiger partial charge in [0.15, 0.2) is 0 Å². The van der Waals surface area contributed by atoms with Crippen LogP contribution in [0.1, 0.15) is 70.7 Å². The number of hydrogen-bond donors (Lipinski definition) is 3. The number of nitrogens with one attached hydrogen (secondary N) is 3. The summed E-state index contributed by atoms with van der Waals surface area (Å²) in [6.07, 6.45) is 3.12. The van der Waals surface area contributed by atoms with Crippen molar-refractivity contribution in [1.82, 2.24) is 10.6 Å². The molecular weight excluding hydrogens is 370 g/mol. The maximum absolute atomic E-state index is 12.5. The fourth-order valence-corrected chi connectivity index (χ4v) is 4.01. The van der Waals surface area contributed by atoms with E-state index in [9.17, 15) is 14.4 Å². The highest BCUT2D eigenvalue weighted by atomic mass is 16.5. The number of rotatable bonds is 6. The third kappa shape index (κ3) is 6.85. The lowest BCUT2D eigenvalue weighted by atomic mass is 9.79. The number of amides is 2. The molecule has 0 radical (unpaired) electrons. The number of benzene rings is 1. The van der Waals surface area contributed by atoms with Gasteiger partial charge in [-0.25, -0.2) is 4.79 Å². The second-order valence-electron chi connectivity index (χ2n) is 8.96. The molecule has 1 aliphatic rings. The molecule has 1 heterocycles. The quantitative estimate of drug-likeness (QED) is 0.385. The van der Waals surface area contributed by atoms with Gasteiger partial charge in [0.2, 0.25) is 0 Å². The van der Waals surface area contributed by atoms with Crippen LogP contribution >= 0.6 is 0 Å². The summed E-state index contributed by atoms with van der Waals surface area (Å²) in [5, 5.41) is 8.92. The highest BCUT2D eigenvalue weighted by molar-refractivity contribution is 6.40. The van der Waals surface area contributed by atoms with Crippen LogP contribution in [0.15, 0.2) is 24.3 Å². The Hall–Kier alpha value is -2.41. The van der Waals surface area contributed by atoms with Gasteiger partial charge in [0.25, 0.3) is 0 Å². The van der Waals surface area contributed by atoms with E-state index in [2.05, 4.69) is 43.6 Å². The summed E-state index contributed by atoms with van der Waals surface area (Å²) >= 11 is 0. The predicted molar refractivity (Wildman–Crippen MR) is 113 cm³/mol. The molecule has 2 rings (SSSR count). The molecule has 1 aliphatic heterocycles. The Morgan fingerprint density at radius 3 is 2.31 bits per heavy atom. The summed E-state index contributed by atoms with van der Waals surface area (Å²) in [6.45, 7) is 10.6. The van der Waals surface area contributed by atoms with Crippen LogP contribution in [0.2, 0.25) is 0 Å². The highest BCUT2D eigenvalue weighted by Gasteiger charge is 2.38. The summed E-state index contributed by atoms with van der Waals surface area (Å²) < 4.78 is 5.22. The smallest absolute Gasteiger partial charge is 0.340 e. The topological polar surface area (TPSA) is 96.5 Å². The zero-order chi connectivity index (χ0) is 21.7. The molecular formula is C22H33N3O4. The molecule has 7 heteroatoms. The van der Waals surface area contributed by atoms with Gasteiger partial charge in [-0.3, -0.25) is 9.59 Å². The van der Waals surface area contributed by atoms with E-state index in [4.69, 9.17) is 4.74 Å². The standard InChI is InChI=1S/C22H33N3O4/c1-6-7-12-29-20(28)16-10-8-9-11-17(16)24-19(27)18(26)23-15-13-21(2,3)25-22(4,5)14-15/h8-11,15,25H,6-7,12-14H2,1-5H3,(H,23,26)(H,24,27). The minimum absolute atomic E-state index is 0.117. The van der Waals surface area contributed by atoms with Gasteiger partial charge in [-0.1, -0.05) is 25.5 Å². The Bertz CT molecular complexity index is 742. The first kappa shape index (κ1) is 22.9. The Morgan fingerprint density at radius 2 is 1.69 bits per heavy atom. The van der Waals surface area contributed by atoms with E-state index >= 15 is 0 Å². The van der Waals surface area contributed by atoms with Gasteiger partial charge >= 0.3 is 17.8 Å². The van der Waals surface area contributed by atoms with Crippen molar-refractivity contribution in [1.29, 1.82) is 0 Å². The lowest BCUT2D eigenvalue weighted by molar-refractivity contribution is -0.137. The molecule has 3 N–H and O–H groups in total. The van der Waals surface area contributed by atoms with Crippen LogP contribution in [0.25, 0.3) is 0 Å². The molecule has 1 aromatic rings. The molecule has 0 atom stereocenters. The Morgan fingerprint density at radius 1 is 1.07 bits per heavy atom. The first-order valence-corrected chi connectivity index (χ1v) is 10.2. The number of anilines is 1. The lowest BCUT2D eigenvalue weighted by Crippen LogP contribution is -2.62. The van der Waals surface area contributed by atoms with Gasteiger partial charge in [-0.2, -0.15) is 0 Å². The molecule has 1 saturated heterocycles. The number of carbonyl (C=O) groups excluding carboxylic acids is 3. The molecule has 7 nitrogen and oxygen atoms in total. The van der Waals surface area contributed by atoms with Crippen molar-refractivity contribution in [3.8, 4) is 0 Å². The molecule has 0 saturated carbocycles. The normalized spacial score (nSPS) is 18.0. The number of hydrogen-bond acceptors (Lipinski definition) is 5. The highest BCUT2D eigenvalue weighted by Crippen LogP contribution is 2.28. The molecule has 1 aromatic carbocycles. The van der Waals surface area contributed by atoms with E-state index in [1.807, 2.05) is 6.92 Å². The van der Waals surface area contributed by atoms with E-state index in [1.54, 1.807) is 24.3 Å². The first-order valence-electron chi connectivity index (χ1n) is 10.2. The zero-order valence-electron chi connectivity index (χ0n) is 18.1. The summed E-state index contributed by atoms with van der Waals surface area (Å²) in [6, 6.07) is 6.41. The van der Waals surface area contributed by atoms with E-state index < -0.39 is 17.8 Å². The van der Waals surface area contributed by atoms with Crippen LogP contribution < -0.4 is 16.0 Å². The number of unbranched alkanes of at least 4 members (excludes halogenated alkanes) is 1. The Balaban J connectivity index is 2.01. The number of ether oxygens (including phenoxy) is 1. The van der Waals surface area contributed by atoms with Crippen molar-refractivity contribution < 1.29 is 19.1 Å². The fraction of sp³-hybridized carbons (Fsp3) is 0.591. The van der Waals surface area contributed by atoms with Gasteiger partial charge in [0.1, 0.15) is 0 Å². The molecule has 1 fully saturated rings. The Labute approximate surface area is 173 Å². The van der Waals surface area contributed by atoms with Gasteiger partial charge in [0.05, 0.1) is 17.9 Å². The van der Waals surface area contributed by atoms with Gasteiger partial charge in [-0.05, 0) is 59.1 Å². The maximum atomic E-state index is 12.5. The fourth-order valence-electron chi connectivity index (χ4n) is 4.01. The van der Waals surface area contributed by atoms with Crippen molar-refractivity contribution in [2.75, 3.05) is 11.9 Å². The molecule has 0 aliphatic carbocycles. The lowest BCUT2D eigenvalue weighted by Gasteiger charge is -2.46.